The van der Waals surface area contributed by atoms with Gasteiger partial charge >= 0.3 is 5.97 Å². The lowest BCUT2D eigenvalue weighted by Crippen LogP contribution is -2.46. The molecule has 0 spiro atoms. The normalized spacial score (nSPS) is 23.9. The summed E-state index contributed by atoms with van der Waals surface area (Å²) >= 11 is 0. The zero-order chi connectivity index (χ0) is 21.7. The Morgan fingerprint density at radius 1 is 1.03 bits per heavy atom. The summed E-state index contributed by atoms with van der Waals surface area (Å²) in [7, 11) is -2.10. The van der Waals surface area contributed by atoms with Gasteiger partial charge in [0.25, 0.3) is 0 Å². The molecule has 0 unspecified atom stereocenters. The molecule has 30 heavy (non-hydrogen) atoms. The zero-order valence-electron chi connectivity index (χ0n) is 17.8. The molecule has 7 nitrogen and oxygen atoms in total. The molecule has 0 bridgehead atoms. The van der Waals surface area contributed by atoms with Crippen LogP contribution in [0.3, 0.4) is 0 Å². The highest BCUT2D eigenvalue weighted by atomic mass is 32.2. The first kappa shape index (κ1) is 22.7. The molecule has 2 heterocycles. The Bertz CT molecular complexity index is 834. The monoisotopic (exact) mass is 436 g/mol. The van der Waals surface area contributed by atoms with Crippen molar-refractivity contribution in [1.29, 1.82) is 0 Å². The summed E-state index contributed by atoms with van der Waals surface area (Å²) < 4.78 is 32.3. The van der Waals surface area contributed by atoms with Gasteiger partial charge in [0.15, 0.2) is 0 Å². The van der Waals surface area contributed by atoms with Crippen molar-refractivity contribution in [1.82, 2.24) is 9.21 Å². The van der Waals surface area contributed by atoms with Crippen LogP contribution in [-0.2, 0) is 24.3 Å². The number of amides is 1. The molecule has 0 radical (unpaired) electrons. The van der Waals surface area contributed by atoms with Crippen molar-refractivity contribution < 1.29 is 22.7 Å². The van der Waals surface area contributed by atoms with Crippen molar-refractivity contribution in [3.63, 3.8) is 0 Å². The number of esters is 1. The second kappa shape index (κ2) is 9.92. The number of carbonyl (C=O) groups excluding carboxylic acids is 2. The van der Waals surface area contributed by atoms with Crippen molar-refractivity contribution in [2.45, 2.75) is 43.9 Å². The maximum absolute atomic E-state index is 12.9. The third-order valence-electron chi connectivity index (χ3n) is 6.58. The summed E-state index contributed by atoms with van der Waals surface area (Å²) in [6.07, 6.45) is 3.26. The first-order valence-corrected chi connectivity index (χ1v) is 12.2. The first-order valence-electron chi connectivity index (χ1n) is 10.8. The molecule has 1 aromatic rings. The molecule has 2 aliphatic rings. The molecular weight excluding hydrogens is 404 g/mol. The van der Waals surface area contributed by atoms with Crippen molar-refractivity contribution in [2.75, 3.05) is 33.3 Å². The maximum Gasteiger partial charge on any atom is 0.308 e. The van der Waals surface area contributed by atoms with E-state index in [-0.39, 0.29) is 29.6 Å². The maximum atomic E-state index is 12.9. The SMILES string of the molecule is CC[C@@H]1CN(S(=O)(=O)c2ccccc2)CC[C@H]1CC(=O)N1CCC(C(=O)OC)CC1. The number of rotatable bonds is 6. The van der Waals surface area contributed by atoms with Gasteiger partial charge in [0.1, 0.15) is 0 Å². The fraction of sp³-hybridized carbons (Fsp3) is 0.636. The van der Waals surface area contributed by atoms with E-state index in [1.165, 1.54) is 7.11 Å². The third-order valence-corrected chi connectivity index (χ3v) is 8.46. The quantitative estimate of drug-likeness (QED) is 0.640. The largest absolute Gasteiger partial charge is 0.469 e. The number of benzene rings is 1. The van der Waals surface area contributed by atoms with E-state index in [9.17, 15) is 18.0 Å². The van der Waals surface area contributed by atoms with Gasteiger partial charge in [-0.25, -0.2) is 8.42 Å². The molecule has 0 aliphatic carbocycles. The lowest BCUT2D eigenvalue weighted by molar-refractivity contribution is -0.149. The Kier molecular flexibility index (Phi) is 7.52. The number of nitrogens with zero attached hydrogens (tertiary/aromatic N) is 2. The van der Waals surface area contributed by atoms with Gasteiger partial charge in [0.2, 0.25) is 15.9 Å². The van der Waals surface area contributed by atoms with Crippen molar-refractivity contribution in [3.8, 4) is 0 Å². The lowest BCUT2D eigenvalue weighted by Gasteiger charge is -2.38. The number of piperidine rings is 2. The number of likely N-dealkylation sites (tertiary alicyclic amines) is 1. The molecule has 1 aromatic carbocycles. The smallest absolute Gasteiger partial charge is 0.308 e. The Labute approximate surface area is 179 Å². The molecule has 166 valence electrons. The molecule has 2 aliphatic heterocycles. The minimum absolute atomic E-state index is 0.112. The summed E-state index contributed by atoms with van der Waals surface area (Å²) in [6.45, 7) is 4.11. The van der Waals surface area contributed by atoms with Crippen LogP contribution in [-0.4, -0.2) is 62.8 Å². The van der Waals surface area contributed by atoms with Gasteiger partial charge < -0.3 is 9.64 Å². The van der Waals surface area contributed by atoms with Crippen LogP contribution in [0.25, 0.3) is 0 Å². The molecule has 0 aromatic heterocycles. The van der Waals surface area contributed by atoms with E-state index in [2.05, 4.69) is 6.92 Å². The summed E-state index contributed by atoms with van der Waals surface area (Å²) in [4.78, 5) is 26.7. The van der Waals surface area contributed by atoms with Crippen LogP contribution in [0, 0.1) is 17.8 Å². The van der Waals surface area contributed by atoms with E-state index in [1.807, 2.05) is 4.90 Å². The van der Waals surface area contributed by atoms with Gasteiger partial charge in [-0.15, -0.1) is 0 Å². The van der Waals surface area contributed by atoms with Crippen LogP contribution in [0.2, 0.25) is 0 Å². The van der Waals surface area contributed by atoms with E-state index in [0.717, 1.165) is 6.42 Å². The Balaban J connectivity index is 1.57. The lowest BCUT2D eigenvalue weighted by atomic mass is 9.82. The second-order valence-corrected chi connectivity index (χ2v) is 10.2. The average Bonchev–Trinajstić information content (AvgIpc) is 2.79. The highest BCUT2D eigenvalue weighted by Crippen LogP contribution is 2.33. The fourth-order valence-electron chi connectivity index (χ4n) is 4.62. The second-order valence-electron chi connectivity index (χ2n) is 8.28. The van der Waals surface area contributed by atoms with Crippen molar-refractivity contribution >= 4 is 21.9 Å². The van der Waals surface area contributed by atoms with Gasteiger partial charge in [-0.3, -0.25) is 9.59 Å². The predicted molar refractivity (Wildman–Crippen MR) is 113 cm³/mol. The van der Waals surface area contributed by atoms with Crippen LogP contribution in [0.4, 0.5) is 0 Å². The fourth-order valence-corrected chi connectivity index (χ4v) is 6.16. The number of carbonyl (C=O) groups is 2. The Morgan fingerprint density at radius 3 is 2.30 bits per heavy atom. The number of methoxy groups -OCH3 is 1. The van der Waals surface area contributed by atoms with E-state index in [4.69, 9.17) is 4.74 Å². The Hall–Kier alpha value is -1.93. The van der Waals surface area contributed by atoms with Gasteiger partial charge in [-0.2, -0.15) is 4.31 Å². The van der Waals surface area contributed by atoms with Crippen molar-refractivity contribution in [2.24, 2.45) is 17.8 Å². The molecule has 8 heteroatoms. The van der Waals surface area contributed by atoms with Crippen LogP contribution < -0.4 is 0 Å². The highest BCUT2D eigenvalue weighted by Gasteiger charge is 2.37. The topological polar surface area (TPSA) is 84.0 Å². The van der Waals surface area contributed by atoms with E-state index < -0.39 is 10.0 Å². The molecule has 0 N–H and O–H groups in total. The molecular formula is C22H32N2O5S. The zero-order valence-corrected chi connectivity index (χ0v) is 18.6. The number of ether oxygens (including phenoxy) is 1. The highest BCUT2D eigenvalue weighted by molar-refractivity contribution is 7.89. The van der Waals surface area contributed by atoms with Gasteiger partial charge in [-0.1, -0.05) is 31.5 Å². The van der Waals surface area contributed by atoms with E-state index >= 15 is 0 Å². The summed E-state index contributed by atoms with van der Waals surface area (Å²) in [6, 6.07) is 8.53. The third kappa shape index (κ3) is 5.03. The van der Waals surface area contributed by atoms with Crippen molar-refractivity contribution in [3.05, 3.63) is 30.3 Å². The molecule has 2 atom stereocenters. The summed E-state index contributed by atoms with van der Waals surface area (Å²) in [5.74, 6) is 0.145. The van der Waals surface area contributed by atoms with E-state index in [0.29, 0.717) is 56.8 Å². The first-order chi connectivity index (χ1) is 14.4. The predicted octanol–water partition coefficient (Wildman–Crippen LogP) is 2.53. The number of hydrogen-bond donors (Lipinski definition) is 0. The molecule has 0 saturated carbocycles. The van der Waals surface area contributed by atoms with Gasteiger partial charge in [0, 0.05) is 32.6 Å². The molecule has 1 amide bonds. The van der Waals surface area contributed by atoms with Gasteiger partial charge in [0.05, 0.1) is 17.9 Å². The van der Waals surface area contributed by atoms with Crippen LogP contribution in [0.1, 0.15) is 39.0 Å². The minimum atomic E-state index is -3.50. The number of hydrogen-bond acceptors (Lipinski definition) is 5. The van der Waals surface area contributed by atoms with Crippen LogP contribution >= 0.6 is 0 Å². The standard InChI is InChI=1S/C22H32N2O5S/c1-3-17-16-24(30(27,28)20-7-5-4-6-8-20)14-11-19(17)15-21(25)23-12-9-18(10-13-23)22(26)29-2/h4-8,17-19H,3,9-16H2,1-2H3/t17-,19+/m1/s1. The Morgan fingerprint density at radius 2 is 1.70 bits per heavy atom. The molecule has 2 fully saturated rings. The van der Waals surface area contributed by atoms with Crippen LogP contribution in [0.5, 0.6) is 0 Å². The van der Waals surface area contributed by atoms with Crippen LogP contribution in [0.15, 0.2) is 35.2 Å². The molecule has 3 rings (SSSR count). The van der Waals surface area contributed by atoms with E-state index in [1.54, 1.807) is 34.6 Å². The number of sulfonamides is 1. The average molecular weight is 437 g/mol. The molecule has 2 saturated heterocycles. The minimum Gasteiger partial charge on any atom is -0.469 e. The summed E-state index contributed by atoms with van der Waals surface area (Å²) in [5.41, 5.74) is 0. The van der Waals surface area contributed by atoms with Gasteiger partial charge in [-0.05, 0) is 43.2 Å². The summed E-state index contributed by atoms with van der Waals surface area (Å²) in [5, 5.41) is 0.